The summed E-state index contributed by atoms with van der Waals surface area (Å²) in [4.78, 5) is 21.0. The molecule has 17 heavy (non-hydrogen) atoms. The number of ether oxygens (including phenoxy) is 1. The topological polar surface area (TPSA) is 81.5 Å². The first-order valence-electron chi connectivity index (χ1n) is 4.69. The molecule has 0 aliphatic heterocycles. The number of nitro benzene ring substituents is 1. The molecule has 0 radical (unpaired) electrons. The van der Waals surface area contributed by atoms with Crippen LogP contribution in [0.3, 0.4) is 0 Å². The van der Waals surface area contributed by atoms with Gasteiger partial charge in [-0.15, -0.1) is 0 Å². The summed E-state index contributed by atoms with van der Waals surface area (Å²) in [5.74, 6) is -0.440. The Morgan fingerprint density at radius 1 is 1.47 bits per heavy atom. The SMILES string of the molecule is O=C(CNC=S)OCc1ccc([N+](=O)[O-])cc1. The monoisotopic (exact) mass is 254 g/mol. The van der Waals surface area contributed by atoms with Crippen molar-refractivity contribution in [3.05, 3.63) is 39.9 Å². The van der Waals surface area contributed by atoms with Crippen molar-refractivity contribution >= 4 is 29.4 Å². The minimum atomic E-state index is -0.487. The van der Waals surface area contributed by atoms with Crippen molar-refractivity contribution in [1.29, 1.82) is 0 Å². The molecule has 0 unspecified atom stereocenters. The molecule has 0 aromatic heterocycles. The number of non-ortho nitro benzene ring substituents is 1. The number of nitrogens with zero attached hydrogens (tertiary/aromatic N) is 1. The van der Waals surface area contributed by atoms with Gasteiger partial charge in [-0.05, 0) is 17.7 Å². The van der Waals surface area contributed by atoms with Gasteiger partial charge in [-0.3, -0.25) is 14.9 Å². The molecule has 1 rings (SSSR count). The zero-order chi connectivity index (χ0) is 12.7. The second kappa shape index (κ2) is 6.54. The first-order chi connectivity index (χ1) is 8.13. The van der Waals surface area contributed by atoms with Crippen molar-refractivity contribution in [3.63, 3.8) is 0 Å². The molecule has 0 spiro atoms. The fraction of sp³-hybridized carbons (Fsp3) is 0.200. The van der Waals surface area contributed by atoms with E-state index < -0.39 is 10.9 Å². The maximum Gasteiger partial charge on any atom is 0.325 e. The summed E-state index contributed by atoms with van der Waals surface area (Å²) < 4.78 is 4.89. The van der Waals surface area contributed by atoms with Crippen LogP contribution in [0.2, 0.25) is 0 Å². The average molecular weight is 254 g/mol. The van der Waals surface area contributed by atoms with Gasteiger partial charge in [-0.25, -0.2) is 0 Å². The summed E-state index contributed by atoms with van der Waals surface area (Å²) in [7, 11) is 0. The number of nitrogens with one attached hydrogen (secondary N) is 1. The second-order valence-electron chi connectivity index (χ2n) is 3.08. The van der Waals surface area contributed by atoms with Gasteiger partial charge in [-0.1, -0.05) is 12.2 Å². The molecule has 0 aliphatic carbocycles. The van der Waals surface area contributed by atoms with Crippen LogP contribution in [0.15, 0.2) is 24.3 Å². The largest absolute Gasteiger partial charge is 0.460 e. The standard InChI is InChI=1S/C10H10N2O4S/c13-10(5-11-7-17)16-6-8-1-3-9(4-2-8)12(14)15/h1-4,7H,5-6H2,(H,11,17). The molecular weight excluding hydrogens is 244 g/mol. The molecule has 0 bridgehead atoms. The van der Waals surface area contributed by atoms with Crippen molar-refractivity contribution in [1.82, 2.24) is 5.32 Å². The molecule has 0 atom stereocenters. The van der Waals surface area contributed by atoms with E-state index >= 15 is 0 Å². The van der Waals surface area contributed by atoms with Crippen molar-refractivity contribution in [2.75, 3.05) is 6.54 Å². The summed E-state index contributed by atoms with van der Waals surface area (Å²) in [6, 6.07) is 5.80. The van der Waals surface area contributed by atoms with Gasteiger partial charge >= 0.3 is 5.97 Å². The molecular formula is C10H10N2O4S. The quantitative estimate of drug-likeness (QED) is 0.355. The van der Waals surface area contributed by atoms with E-state index in [1.807, 2.05) is 0 Å². The van der Waals surface area contributed by atoms with E-state index in [4.69, 9.17) is 4.74 Å². The molecule has 0 fully saturated rings. The Bertz CT molecular complexity index is 419. The van der Waals surface area contributed by atoms with Gasteiger partial charge in [-0.2, -0.15) is 0 Å². The first kappa shape index (κ1) is 13.0. The van der Waals surface area contributed by atoms with E-state index in [9.17, 15) is 14.9 Å². The highest BCUT2D eigenvalue weighted by Gasteiger charge is 2.05. The second-order valence-corrected chi connectivity index (χ2v) is 3.32. The van der Waals surface area contributed by atoms with Crippen molar-refractivity contribution in [2.45, 2.75) is 6.61 Å². The number of hydrogen-bond donors (Lipinski definition) is 1. The molecule has 7 heteroatoms. The molecule has 1 aromatic carbocycles. The Kier molecular flexibility index (Phi) is 5.02. The van der Waals surface area contributed by atoms with Crippen molar-refractivity contribution in [3.8, 4) is 0 Å². The van der Waals surface area contributed by atoms with Gasteiger partial charge in [0.05, 0.1) is 10.4 Å². The minimum absolute atomic E-state index is 0.00227. The molecule has 0 aliphatic rings. The fourth-order valence-corrected chi connectivity index (χ4v) is 1.14. The Balaban J connectivity index is 2.44. The predicted octanol–water partition coefficient (Wildman–Crippen LogP) is 1.18. The highest BCUT2D eigenvalue weighted by atomic mass is 32.1. The van der Waals surface area contributed by atoms with Gasteiger partial charge in [0.2, 0.25) is 0 Å². The number of carbonyl (C=O) groups excluding carboxylic acids is 1. The third kappa shape index (κ3) is 4.56. The van der Waals surface area contributed by atoms with E-state index in [2.05, 4.69) is 17.5 Å². The highest BCUT2D eigenvalue weighted by molar-refractivity contribution is 7.78. The van der Waals surface area contributed by atoms with E-state index in [0.29, 0.717) is 5.56 Å². The van der Waals surface area contributed by atoms with Crippen molar-refractivity contribution in [2.24, 2.45) is 0 Å². The number of rotatable bonds is 6. The minimum Gasteiger partial charge on any atom is -0.460 e. The summed E-state index contributed by atoms with van der Waals surface area (Å²) in [6.45, 7) is 0.0897. The van der Waals surface area contributed by atoms with Crippen LogP contribution < -0.4 is 5.32 Å². The van der Waals surface area contributed by atoms with Crippen LogP contribution in [-0.2, 0) is 16.1 Å². The fourth-order valence-electron chi connectivity index (χ4n) is 1.05. The lowest BCUT2D eigenvalue weighted by atomic mass is 10.2. The predicted molar refractivity (Wildman–Crippen MR) is 64.6 cm³/mol. The molecule has 1 aromatic rings. The third-order valence-electron chi connectivity index (χ3n) is 1.88. The van der Waals surface area contributed by atoms with Gasteiger partial charge in [0.25, 0.3) is 5.69 Å². The van der Waals surface area contributed by atoms with Crippen LogP contribution >= 0.6 is 12.2 Å². The lowest BCUT2D eigenvalue weighted by molar-refractivity contribution is -0.384. The first-order valence-corrected chi connectivity index (χ1v) is 5.16. The van der Waals surface area contributed by atoms with Crippen LogP contribution in [-0.4, -0.2) is 22.9 Å². The zero-order valence-corrected chi connectivity index (χ0v) is 9.61. The van der Waals surface area contributed by atoms with Crippen LogP contribution in [0.25, 0.3) is 0 Å². The molecule has 90 valence electrons. The van der Waals surface area contributed by atoms with Gasteiger partial charge in [0.15, 0.2) is 0 Å². The van der Waals surface area contributed by atoms with Gasteiger partial charge in [0, 0.05) is 12.1 Å². The Hall–Kier alpha value is -2.02. The molecule has 0 saturated heterocycles. The van der Waals surface area contributed by atoms with E-state index in [1.54, 1.807) is 0 Å². The zero-order valence-electron chi connectivity index (χ0n) is 8.79. The number of carbonyl (C=O) groups is 1. The molecule has 6 nitrogen and oxygen atoms in total. The highest BCUT2D eigenvalue weighted by Crippen LogP contribution is 2.12. The number of nitro groups is 1. The van der Waals surface area contributed by atoms with Crippen LogP contribution in [0.1, 0.15) is 5.56 Å². The molecule has 1 N–H and O–H groups in total. The maximum absolute atomic E-state index is 11.1. The van der Waals surface area contributed by atoms with E-state index in [0.717, 1.165) is 0 Å². The maximum atomic E-state index is 11.1. The molecule has 0 saturated carbocycles. The summed E-state index contributed by atoms with van der Waals surface area (Å²) >= 11 is 4.48. The summed E-state index contributed by atoms with van der Waals surface area (Å²) in [5, 5.41) is 12.9. The van der Waals surface area contributed by atoms with Crippen LogP contribution in [0.4, 0.5) is 5.69 Å². The molecule has 0 amide bonds. The van der Waals surface area contributed by atoms with E-state index in [1.165, 1.54) is 29.8 Å². The van der Waals surface area contributed by atoms with E-state index in [-0.39, 0.29) is 18.8 Å². The number of esters is 1. The number of benzene rings is 1. The van der Waals surface area contributed by atoms with Crippen LogP contribution in [0.5, 0.6) is 0 Å². The number of thiocarbonyl (C=S) groups is 1. The normalized spacial score (nSPS) is 9.41. The lowest BCUT2D eigenvalue weighted by Gasteiger charge is -2.04. The Morgan fingerprint density at radius 2 is 2.12 bits per heavy atom. The van der Waals surface area contributed by atoms with Crippen molar-refractivity contribution < 1.29 is 14.5 Å². The molecule has 0 heterocycles. The Labute approximate surface area is 103 Å². The van der Waals surface area contributed by atoms with Gasteiger partial charge in [0.1, 0.15) is 13.2 Å². The number of hydrogen-bond acceptors (Lipinski definition) is 5. The summed E-state index contributed by atoms with van der Waals surface area (Å²) in [5.41, 5.74) is 1.92. The summed E-state index contributed by atoms with van der Waals surface area (Å²) in [6.07, 6.45) is 0. The lowest BCUT2D eigenvalue weighted by Crippen LogP contribution is -2.22. The van der Waals surface area contributed by atoms with Crippen LogP contribution in [0, 0.1) is 10.1 Å². The smallest absolute Gasteiger partial charge is 0.325 e. The Morgan fingerprint density at radius 3 is 2.65 bits per heavy atom. The average Bonchev–Trinajstić information content (AvgIpc) is 2.34. The third-order valence-corrected chi connectivity index (χ3v) is 2.04. The van der Waals surface area contributed by atoms with Gasteiger partial charge < -0.3 is 10.1 Å².